The Morgan fingerprint density at radius 3 is 1.96 bits per heavy atom. The molecule has 8 aromatic rings. The lowest BCUT2D eigenvalue weighted by atomic mass is 9.76. The highest BCUT2D eigenvalue weighted by Crippen LogP contribution is 2.43. The third-order valence-corrected chi connectivity index (χ3v) is 13.0. The van der Waals surface area contributed by atoms with Crippen molar-refractivity contribution in [3.8, 4) is 5.69 Å². The molecule has 0 bridgehead atoms. The van der Waals surface area contributed by atoms with Gasteiger partial charge in [0.05, 0.1) is 16.6 Å². The number of hydrogen-bond donors (Lipinski definition) is 0. The van der Waals surface area contributed by atoms with E-state index in [-0.39, 0.29) is 11.0 Å². The van der Waals surface area contributed by atoms with Crippen LogP contribution in [-0.4, -0.2) is 10.1 Å². The first kappa shape index (κ1) is 34.6. The van der Waals surface area contributed by atoms with Crippen LogP contribution >= 0.6 is 0 Å². The van der Waals surface area contributed by atoms with Gasteiger partial charge in [-0.15, -0.1) is 0 Å². The van der Waals surface area contributed by atoms with Crippen molar-refractivity contribution in [3.63, 3.8) is 0 Å². The molecule has 0 N–H and O–H groups in total. The van der Waals surface area contributed by atoms with Gasteiger partial charge in [-0.1, -0.05) is 149 Å². The van der Waals surface area contributed by atoms with E-state index in [9.17, 15) is 0 Å². The van der Waals surface area contributed by atoms with Gasteiger partial charge >= 0.3 is 0 Å². The van der Waals surface area contributed by atoms with Gasteiger partial charge in [-0.25, -0.2) is 0 Å². The molecular weight excluding hydrogens is 677 g/mol. The molecule has 0 fully saturated rings. The fraction of sp³-hybridized carbons (Fsp3) is 0.222. The minimum atomic E-state index is -0.336. The van der Waals surface area contributed by atoms with Crippen LogP contribution in [0.25, 0.3) is 61.2 Å². The molecule has 3 atom stereocenters. The zero-order valence-electron chi connectivity index (χ0n) is 33.3. The number of hydrogen-bond acceptors (Lipinski definition) is 1. The molecule has 276 valence electrons. The van der Waals surface area contributed by atoms with Crippen molar-refractivity contribution in [1.82, 2.24) is 4.57 Å². The van der Waals surface area contributed by atoms with Crippen LogP contribution in [0.5, 0.6) is 0 Å². The standard InChI is InChI=1S/C54H50N2/c1-36-16-15-30-53(3,4)50-28-26-39(33-48(50)37(2)32-36)55-51-24-14-13-23-46(51)47-27-25-40(34-52(47)55)56(38-17-7-6-8-18-38)54(5)31-29-45-43-21-10-9-19-41(43)42-20-11-12-22-44(42)49(45)35-54/h6-29,33-37H,30-32H2,1-5H3/b16-15-. The van der Waals surface area contributed by atoms with Crippen molar-refractivity contribution in [3.05, 3.63) is 173 Å². The summed E-state index contributed by atoms with van der Waals surface area (Å²) in [5, 5.41) is 10.5. The van der Waals surface area contributed by atoms with Gasteiger partial charge in [0, 0.05) is 27.8 Å². The van der Waals surface area contributed by atoms with Gasteiger partial charge in [0.25, 0.3) is 0 Å². The first-order chi connectivity index (χ1) is 27.2. The van der Waals surface area contributed by atoms with Gasteiger partial charge in [0.1, 0.15) is 0 Å². The summed E-state index contributed by atoms with van der Waals surface area (Å²) in [7, 11) is 0. The maximum Gasteiger partial charge on any atom is 0.0649 e. The van der Waals surface area contributed by atoms with Crippen LogP contribution < -0.4 is 15.3 Å². The highest BCUT2D eigenvalue weighted by Gasteiger charge is 2.33. The zero-order chi connectivity index (χ0) is 38.2. The van der Waals surface area contributed by atoms with Crippen molar-refractivity contribution in [1.29, 1.82) is 0 Å². The molecule has 0 amide bonds. The third-order valence-electron chi connectivity index (χ3n) is 13.0. The summed E-state index contributed by atoms with van der Waals surface area (Å²) in [5.41, 5.74) is 8.76. The summed E-state index contributed by atoms with van der Waals surface area (Å²) in [6, 6.07) is 52.3. The van der Waals surface area contributed by atoms with Crippen molar-refractivity contribution < 1.29 is 0 Å². The summed E-state index contributed by atoms with van der Waals surface area (Å²) in [5.74, 6) is 1.00. The Hall–Kier alpha value is -5.86. The van der Waals surface area contributed by atoms with E-state index in [0.29, 0.717) is 11.8 Å². The van der Waals surface area contributed by atoms with E-state index in [1.807, 2.05) is 0 Å². The fourth-order valence-corrected chi connectivity index (χ4v) is 10.3. The van der Waals surface area contributed by atoms with Crippen LogP contribution in [0, 0.1) is 5.92 Å². The van der Waals surface area contributed by atoms with Crippen LogP contribution in [0.3, 0.4) is 0 Å². The lowest BCUT2D eigenvalue weighted by Crippen LogP contribution is -2.47. The van der Waals surface area contributed by atoms with Gasteiger partial charge in [-0.2, -0.15) is 0 Å². The molecule has 56 heavy (non-hydrogen) atoms. The normalized spacial score (nSPS) is 21.0. The average molecular weight is 727 g/mol. The van der Waals surface area contributed by atoms with E-state index in [1.54, 1.807) is 0 Å². The molecule has 2 aliphatic rings. The Morgan fingerprint density at radius 1 is 0.571 bits per heavy atom. The van der Waals surface area contributed by atoms with E-state index in [0.717, 1.165) is 19.3 Å². The van der Waals surface area contributed by atoms with Crippen LogP contribution in [0.2, 0.25) is 0 Å². The number of anilines is 2. The van der Waals surface area contributed by atoms with Crippen LogP contribution in [-0.2, 0) is 5.41 Å². The Morgan fingerprint density at radius 2 is 1.21 bits per heavy atom. The second-order valence-corrected chi connectivity index (χ2v) is 17.5. The number of para-hydroxylation sites is 2. The minimum absolute atomic E-state index is 0.0616. The quantitative estimate of drug-likeness (QED) is 0.129. The number of benzene rings is 7. The summed E-state index contributed by atoms with van der Waals surface area (Å²) >= 11 is 0. The van der Waals surface area contributed by atoms with Crippen molar-refractivity contribution >= 4 is 66.9 Å². The van der Waals surface area contributed by atoms with Crippen LogP contribution in [0.1, 0.15) is 70.9 Å². The average Bonchev–Trinajstić information content (AvgIpc) is 3.55. The number of nitrogens with zero attached hydrogens (tertiary/aromatic N) is 2. The minimum Gasteiger partial charge on any atom is -0.332 e. The predicted molar refractivity (Wildman–Crippen MR) is 241 cm³/mol. The number of aromatic nitrogens is 1. The maximum atomic E-state index is 2.58. The molecule has 0 radical (unpaired) electrons. The van der Waals surface area contributed by atoms with Gasteiger partial charge in [0.2, 0.25) is 0 Å². The molecule has 0 saturated heterocycles. The van der Waals surface area contributed by atoms with E-state index in [1.165, 1.54) is 82.0 Å². The molecule has 2 heteroatoms. The molecule has 0 saturated carbocycles. The second-order valence-electron chi connectivity index (χ2n) is 17.5. The smallest absolute Gasteiger partial charge is 0.0649 e. The zero-order valence-corrected chi connectivity index (χ0v) is 33.3. The van der Waals surface area contributed by atoms with E-state index >= 15 is 0 Å². The maximum absolute atomic E-state index is 2.58. The summed E-state index contributed by atoms with van der Waals surface area (Å²) in [6.45, 7) is 12.0. The molecule has 10 rings (SSSR count). The Labute approximate surface area is 330 Å². The monoisotopic (exact) mass is 726 g/mol. The molecule has 1 aromatic heterocycles. The Bertz CT molecular complexity index is 2980. The molecular formula is C54H50N2. The van der Waals surface area contributed by atoms with Gasteiger partial charge < -0.3 is 9.47 Å². The predicted octanol–water partition coefficient (Wildman–Crippen LogP) is 13.0. The number of rotatable bonds is 4. The largest absolute Gasteiger partial charge is 0.332 e. The molecule has 0 spiro atoms. The van der Waals surface area contributed by atoms with Gasteiger partial charge in [0.15, 0.2) is 0 Å². The Balaban J connectivity index is 1.20. The topological polar surface area (TPSA) is 8.17 Å². The third kappa shape index (κ3) is 5.53. The molecule has 7 aromatic carbocycles. The Kier molecular flexibility index (Phi) is 8.11. The molecule has 2 nitrogen and oxygen atoms in total. The summed E-state index contributed by atoms with van der Waals surface area (Å²) < 4.78 is 2.53. The van der Waals surface area contributed by atoms with Crippen LogP contribution in [0.4, 0.5) is 11.4 Å². The van der Waals surface area contributed by atoms with E-state index < -0.39 is 0 Å². The first-order valence-corrected chi connectivity index (χ1v) is 20.5. The lowest BCUT2D eigenvalue weighted by molar-refractivity contribution is 0.520. The SMILES string of the molecule is CC1/C=C\CC(C)(C)c2ccc(-n3c4ccccc4c4ccc(N(c5ccccc5)C5(C)C=c6c(c7ccccc7c7ccccc67)=CC5)cc43)cc2C(C)C1. The van der Waals surface area contributed by atoms with Crippen molar-refractivity contribution in [2.45, 2.75) is 70.8 Å². The van der Waals surface area contributed by atoms with E-state index in [4.69, 9.17) is 0 Å². The van der Waals surface area contributed by atoms with Crippen molar-refractivity contribution in [2.24, 2.45) is 5.92 Å². The van der Waals surface area contributed by atoms with Crippen LogP contribution in [0.15, 0.2) is 152 Å². The van der Waals surface area contributed by atoms with E-state index in [2.05, 4.69) is 208 Å². The van der Waals surface area contributed by atoms with Gasteiger partial charge in [-0.05, 0) is 129 Å². The number of allylic oxidation sites excluding steroid dienone is 2. The summed E-state index contributed by atoms with van der Waals surface area (Å²) in [4.78, 5) is 2.58. The van der Waals surface area contributed by atoms with Crippen molar-refractivity contribution in [2.75, 3.05) is 4.90 Å². The molecule has 0 aliphatic heterocycles. The molecule has 1 heterocycles. The first-order valence-electron chi connectivity index (χ1n) is 20.5. The highest BCUT2D eigenvalue weighted by atomic mass is 15.2. The molecule has 2 aliphatic carbocycles. The number of fused-ring (bicyclic) bond motifs is 10. The summed E-state index contributed by atoms with van der Waals surface area (Å²) in [6.07, 6.45) is 13.0. The highest BCUT2D eigenvalue weighted by molar-refractivity contribution is 6.11. The second kappa shape index (κ2) is 13.1. The fourth-order valence-electron chi connectivity index (χ4n) is 10.3. The molecule has 3 unspecified atom stereocenters. The lowest BCUT2D eigenvalue weighted by Gasteiger charge is -2.42. The van der Waals surface area contributed by atoms with Gasteiger partial charge in [-0.3, -0.25) is 0 Å².